The van der Waals surface area contributed by atoms with Crippen LogP contribution in [0.2, 0.25) is 5.02 Å². The zero-order valence-corrected chi connectivity index (χ0v) is 14.7. The van der Waals surface area contributed by atoms with Crippen molar-refractivity contribution in [2.75, 3.05) is 0 Å². The van der Waals surface area contributed by atoms with Gasteiger partial charge in [-0.05, 0) is 41.2 Å². The Balaban J connectivity index is 2.07. The summed E-state index contributed by atoms with van der Waals surface area (Å²) in [6, 6.07) is 14.0. The van der Waals surface area contributed by atoms with E-state index in [9.17, 15) is 5.11 Å². The van der Waals surface area contributed by atoms with Crippen molar-refractivity contribution >= 4 is 27.5 Å². The summed E-state index contributed by atoms with van der Waals surface area (Å²) >= 11 is 9.59. The summed E-state index contributed by atoms with van der Waals surface area (Å²) in [6.45, 7) is 4.41. The van der Waals surface area contributed by atoms with Gasteiger partial charge in [0.15, 0.2) is 0 Å². The van der Waals surface area contributed by atoms with Crippen LogP contribution >= 0.6 is 27.5 Å². The van der Waals surface area contributed by atoms with E-state index in [2.05, 4.69) is 41.9 Å². The molecule has 1 nitrogen and oxygen atoms in total. The molecule has 0 aliphatic heterocycles. The number of hydrogen-bond donors (Lipinski definition) is 1. The summed E-state index contributed by atoms with van der Waals surface area (Å²) in [5, 5.41) is 11.1. The second-order valence-corrected chi connectivity index (χ2v) is 7.12. The van der Waals surface area contributed by atoms with Crippen LogP contribution in [0.3, 0.4) is 0 Å². The highest BCUT2D eigenvalue weighted by Gasteiger charge is 2.11. The lowest BCUT2D eigenvalue weighted by molar-refractivity contribution is 0.178. The molecule has 0 heterocycles. The molecule has 21 heavy (non-hydrogen) atoms. The van der Waals surface area contributed by atoms with Gasteiger partial charge in [-0.1, -0.05) is 71.7 Å². The molecule has 0 saturated heterocycles. The molecule has 0 amide bonds. The lowest BCUT2D eigenvalue weighted by atomic mass is 9.97. The second kappa shape index (κ2) is 7.44. The third-order valence-corrected chi connectivity index (χ3v) is 4.28. The average molecular weight is 368 g/mol. The summed E-state index contributed by atoms with van der Waals surface area (Å²) < 4.78 is 0.948. The van der Waals surface area contributed by atoms with Crippen LogP contribution in [-0.2, 0) is 12.8 Å². The number of benzene rings is 2. The van der Waals surface area contributed by atoms with Gasteiger partial charge in [0.25, 0.3) is 0 Å². The van der Waals surface area contributed by atoms with Gasteiger partial charge < -0.3 is 5.11 Å². The summed E-state index contributed by atoms with van der Waals surface area (Å²) in [6.07, 6.45) is 1.06. The quantitative estimate of drug-likeness (QED) is 0.731. The molecule has 2 aromatic carbocycles. The molecule has 0 radical (unpaired) electrons. The van der Waals surface area contributed by atoms with Crippen LogP contribution in [0, 0.1) is 5.92 Å². The molecule has 0 aromatic heterocycles. The summed E-state index contributed by atoms with van der Waals surface area (Å²) in [4.78, 5) is 0. The topological polar surface area (TPSA) is 20.2 Å². The molecule has 1 unspecified atom stereocenters. The van der Waals surface area contributed by atoms with Crippen LogP contribution in [0.1, 0.15) is 36.6 Å². The normalized spacial score (nSPS) is 12.7. The van der Waals surface area contributed by atoms with Crippen molar-refractivity contribution in [1.82, 2.24) is 0 Å². The molecule has 3 heteroatoms. The molecule has 2 rings (SSSR count). The SMILES string of the molecule is CC(C)Cc1ccc(C(O)Cc2ccc(Br)cc2Cl)cc1. The number of halogens is 2. The Bertz CT molecular complexity index is 593. The smallest absolute Gasteiger partial charge is 0.0830 e. The molecular formula is C18H20BrClO. The maximum absolute atomic E-state index is 10.4. The lowest BCUT2D eigenvalue weighted by Gasteiger charge is -2.13. The van der Waals surface area contributed by atoms with Gasteiger partial charge >= 0.3 is 0 Å². The standard InChI is InChI=1S/C18H20BrClO/c1-12(2)9-13-3-5-14(6-4-13)18(21)10-15-7-8-16(19)11-17(15)20/h3-8,11-12,18,21H,9-10H2,1-2H3. The van der Waals surface area contributed by atoms with E-state index in [1.807, 2.05) is 30.3 Å². The van der Waals surface area contributed by atoms with Crippen molar-refractivity contribution in [2.45, 2.75) is 32.8 Å². The Morgan fingerprint density at radius 3 is 2.29 bits per heavy atom. The summed E-state index contributed by atoms with van der Waals surface area (Å²) in [5.41, 5.74) is 3.20. The van der Waals surface area contributed by atoms with Crippen LogP contribution in [0.4, 0.5) is 0 Å². The number of aliphatic hydroxyl groups is 1. The van der Waals surface area contributed by atoms with Gasteiger partial charge in [-0.3, -0.25) is 0 Å². The first-order valence-electron chi connectivity index (χ1n) is 7.16. The van der Waals surface area contributed by atoms with E-state index >= 15 is 0 Å². The molecule has 0 aliphatic rings. The van der Waals surface area contributed by atoms with Gasteiger partial charge in [0, 0.05) is 15.9 Å². The first kappa shape index (κ1) is 16.5. The average Bonchev–Trinajstić information content (AvgIpc) is 2.42. The van der Waals surface area contributed by atoms with Crippen molar-refractivity contribution in [3.63, 3.8) is 0 Å². The van der Waals surface area contributed by atoms with Crippen molar-refractivity contribution in [2.24, 2.45) is 5.92 Å². The predicted octanol–water partition coefficient (Wildman–Crippen LogP) is 5.58. The molecule has 0 saturated carbocycles. The van der Waals surface area contributed by atoms with Gasteiger partial charge in [-0.15, -0.1) is 0 Å². The fourth-order valence-electron chi connectivity index (χ4n) is 2.36. The van der Waals surface area contributed by atoms with E-state index in [1.54, 1.807) is 0 Å². The van der Waals surface area contributed by atoms with E-state index < -0.39 is 6.10 Å². The zero-order chi connectivity index (χ0) is 15.4. The van der Waals surface area contributed by atoms with Crippen LogP contribution in [0.25, 0.3) is 0 Å². The van der Waals surface area contributed by atoms with Crippen LogP contribution < -0.4 is 0 Å². The Morgan fingerprint density at radius 1 is 1.05 bits per heavy atom. The number of hydrogen-bond acceptors (Lipinski definition) is 1. The second-order valence-electron chi connectivity index (χ2n) is 5.80. The molecule has 0 bridgehead atoms. The minimum Gasteiger partial charge on any atom is -0.388 e. The number of aliphatic hydroxyl groups excluding tert-OH is 1. The third kappa shape index (κ3) is 4.84. The van der Waals surface area contributed by atoms with Crippen molar-refractivity contribution in [3.05, 3.63) is 68.7 Å². The van der Waals surface area contributed by atoms with E-state index in [0.29, 0.717) is 17.4 Å². The minimum atomic E-state index is -0.531. The predicted molar refractivity (Wildman–Crippen MR) is 92.8 cm³/mol. The largest absolute Gasteiger partial charge is 0.388 e. The first-order valence-corrected chi connectivity index (χ1v) is 8.33. The molecule has 1 atom stereocenters. The first-order chi connectivity index (χ1) is 9.95. The van der Waals surface area contributed by atoms with Gasteiger partial charge in [-0.25, -0.2) is 0 Å². The van der Waals surface area contributed by atoms with Gasteiger partial charge in [0.1, 0.15) is 0 Å². The summed E-state index contributed by atoms with van der Waals surface area (Å²) in [7, 11) is 0. The van der Waals surface area contributed by atoms with Crippen molar-refractivity contribution in [1.29, 1.82) is 0 Å². The fourth-order valence-corrected chi connectivity index (χ4v) is 3.11. The highest BCUT2D eigenvalue weighted by molar-refractivity contribution is 9.10. The maximum Gasteiger partial charge on any atom is 0.0830 e. The monoisotopic (exact) mass is 366 g/mol. The van der Waals surface area contributed by atoms with Crippen LogP contribution in [0.5, 0.6) is 0 Å². The Labute approximate surface area is 140 Å². The highest BCUT2D eigenvalue weighted by atomic mass is 79.9. The Hall–Kier alpha value is -0.830. The highest BCUT2D eigenvalue weighted by Crippen LogP contribution is 2.26. The van der Waals surface area contributed by atoms with Crippen molar-refractivity contribution in [3.8, 4) is 0 Å². The molecule has 1 N–H and O–H groups in total. The summed E-state index contributed by atoms with van der Waals surface area (Å²) in [5.74, 6) is 0.641. The van der Waals surface area contributed by atoms with E-state index in [1.165, 1.54) is 5.56 Å². The Morgan fingerprint density at radius 2 is 1.71 bits per heavy atom. The minimum absolute atomic E-state index is 0.523. The third-order valence-electron chi connectivity index (χ3n) is 3.44. The lowest BCUT2D eigenvalue weighted by Crippen LogP contribution is -2.03. The van der Waals surface area contributed by atoms with Gasteiger partial charge in [0.2, 0.25) is 0 Å². The van der Waals surface area contributed by atoms with Crippen LogP contribution in [-0.4, -0.2) is 5.11 Å². The molecular weight excluding hydrogens is 348 g/mol. The molecule has 0 spiro atoms. The van der Waals surface area contributed by atoms with E-state index in [-0.39, 0.29) is 0 Å². The fraction of sp³-hybridized carbons (Fsp3) is 0.333. The molecule has 0 aliphatic carbocycles. The van der Waals surface area contributed by atoms with E-state index in [0.717, 1.165) is 22.0 Å². The van der Waals surface area contributed by atoms with Crippen LogP contribution in [0.15, 0.2) is 46.9 Å². The van der Waals surface area contributed by atoms with Gasteiger partial charge in [-0.2, -0.15) is 0 Å². The zero-order valence-electron chi connectivity index (χ0n) is 12.3. The molecule has 112 valence electrons. The molecule has 0 fully saturated rings. The van der Waals surface area contributed by atoms with E-state index in [4.69, 9.17) is 11.6 Å². The number of rotatable bonds is 5. The molecule has 2 aromatic rings. The van der Waals surface area contributed by atoms with Crippen molar-refractivity contribution < 1.29 is 5.11 Å². The van der Waals surface area contributed by atoms with Gasteiger partial charge in [0.05, 0.1) is 6.10 Å². The Kier molecular flexibility index (Phi) is 5.86. The maximum atomic E-state index is 10.4.